The molecule has 0 aliphatic rings. The Kier molecular flexibility index (Phi) is 7.29. The average Bonchev–Trinajstić information content (AvgIpc) is 2.75. The minimum absolute atomic E-state index is 0.106. The van der Waals surface area contributed by atoms with E-state index in [9.17, 15) is 14.0 Å². The first-order chi connectivity index (χ1) is 14.5. The Bertz CT molecular complexity index is 1070. The van der Waals surface area contributed by atoms with Gasteiger partial charge in [-0.05, 0) is 41.5 Å². The molecule has 0 spiro atoms. The van der Waals surface area contributed by atoms with Gasteiger partial charge in [0.15, 0.2) is 0 Å². The smallest absolute Gasteiger partial charge is 0.329 e. The molecule has 2 amide bonds. The molecular weight excluding hydrogens is 453 g/mol. The van der Waals surface area contributed by atoms with E-state index >= 15 is 0 Å². The van der Waals surface area contributed by atoms with E-state index < -0.39 is 17.6 Å². The maximum atomic E-state index is 13.7. The number of hydrogen-bond acceptors (Lipinski definition) is 4. The van der Waals surface area contributed by atoms with Gasteiger partial charge in [-0.2, -0.15) is 5.10 Å². The van der Waals surface area contributed by atoms with Crippen molar-refractivity contribution in [2.75, 3.05) is 5.32 Å². The first kappa shape index (κ1) is 21.2. The van der Waals surface area contributed by atoms with Gasteiger partial charge in [0.25, 0.3) is 0 Å². The van der Waals surface area contributed by atoms with Crippen molar-refractivity contribution in [3.8, 4) is 5.75 Å². The second-order valence-electron chi connectivity index (χ2n) is 6.12. The van der Waals surface area contributed by atoms with Crippen LogP contribution in [0.1, 0.15) is 11.1 Å². The minimum atomic E-state index is -1.03. The highest BCUT2D eigenvalue weighted by Crippen LogP contribution is 2.19. The highest BCUT2D eigenvalue weighted by atomic mass is 79.9. The summed E-state index contributed by atoms with van der Waals surface area (Å²) in [5, 5.41) is 5.94. The van der Waals surface area contributed by atoms with Crippen LogP contribution in [0.4, 0.5) is 10.1 Å². The Morgan fingerprint density at radius 1 is 1.00 bits per heavy atom. The number of nitrogens with zero attached hydrogens (tertiary/aromatic N) is 1. The number of hydrazone groups is 1. The topological polar surface area (TPSA) is 79.8 Å². The molecule has 0 saturated heterocycles. The molecule has 0 unspecified atom stereocenters. The lowest BCUT2D eigenvalue weighted by Gasteiger charge is -2.07. The van der Waals surface area contributed by atoms with Gasteiger partial charge in [-0.3, -0.25) is 9.59 Å². The maximum absolute atomic E-state index is 13.7. The highest BCUT2D eigenvalue weighted by molar-refractivity contribution is 9.10. The first-order valence-electron chi connectivity index (χ1n) is 8.87. The van der Waals surface area contributed by atoms with Crippen LogP contribution >= 0.6 is 15.9 Å². The van der Waals surface area contributed by atoms with E-state index in [4.69, 9.17) is 4.74 Å². The van der Waals surface area contributed by atoms with Crippen LogP contribution in [0.2, 0.25) is 0 Å². The van der Waals surface area contributed by atoms with E-state index in [0.717, 1.165) is 5.56 Å². The zero-order valence-corrected chi connectivity index (χ0v) is 17.2. The van der Waals surface area contributed by atoms with E-state index in [1.54, 1.807) is 30.3 Å². The van der Waals surface area contributed by atoms with Crippen LogP contribution in [0.3, 0.4) is 0 Å². The van der Waals surface area contributed by atoms with Gasteiger partial charge in [-0.15, -0.1) is 0 Å². The largest absolute Gasteiger partial charge is 0.489 e. The summed E-state index contributed by atoms with van der Waals surface area (Å²) < 4.78 is 20.0. The average molecular weight is 470 g/mol. The number of benzene rings is 3. The van der Waals surface area contributed by atoms with Crippen molar-refractivity contribution in [3.05, 3.63) is 94.2 Å². The summed E-state index contributed by atoms with van der Waals surface area (Å²) in [6.07, 6.45) is 1.38. The molecule has 30 heavy (non-hydrogen) atoms. The molecule has 0 aliphatic carbocycles. The number of carbonyl (C=O) groups is 2. The van der Waals surface area contributed by atoms with Gasteiger partial charge in [-0.25, -0.2) is 9.82 Å². The van der Waals surface area contributed by atoms with Gasteiger partial charge >= 0.3 is 11.8 Å². The first-order valence-corrected chi connectivity index (χ1v) is 9.67. The van der Waals surface area contributed by atoms with Gasteiger partial charge in [0.2, 0.25) is 0 Å². The number of anilines is 1. The van der Waals surface area contributed by atoms with Crippen molar-refractivity contribution in [3.63, 3.8) is 0 Å². The molecule has 0 fully saturated rings. The molecule has 2 N–H and O–H groups in total. The fraction of sp³-hybridized carbons (Fsp3) is 0.0455. The molecule has 8 heteroatoms. The minimum Gasteiger partial charge on any atom is -0.489 e. The Morgan fingerprint density at radius 2 is 1.80 bits per heavy atom. The summed E-state index contributed by atoms with van der Waals surface area (Å²) in [5.41, 5.74) is 3.71. The number of ether oxygens (including phenoxy) is 1. The fourth-order valence-electron chi connectivity index (χ4n) is 2.41. The van der Waals surface area contributed by atoms with Crippen LogP contribution in [0, 0.1) is 5.82 Å². The van der Waals surface area contributed by atoms with Crippen molar-refractivity contribution in [2.24, 2.45) is 5.10 Å². The Labute approximate surface area is 180 Å². The number of rotatable bonds is 6. The number of hydrogen-bond donors (Lipinski definition) is 2. The van der Waals surface area contributed by atoms with Gasteiger partial charge in [-0.1, -0.05) is 58.4 Å². The van der Waals surface area contributed by atoms with Gasteiger partial charge in [0.05, 0.1) is 11.9 Å². The van der Waals surface area contributed by atoms with E-state index in [2.05, 4.69) is 31.8 Å². The molecule has 0 radical (unpaired) electrons. The summed E-state index contributed by atoms with van der Waals surface area (Å²) in [6, 6.07) is 20.9. The van der Waals surface area contributed by atoms with Gasteiger partial charge in [0, 0.05) is 4.47 Å². The van der Waals surface area contributed by atoms with Crippen LogP contribution < -0.4 is 15.5 Å². The van der Waals surface area contributed by atoms with E-state index in [1.165, 1.54) is 18.3 Å². The third-order valence-corrected chi connectivity index (χ3v) is 4.36. The van der Waals surface area contributed by atoms with Crippen LogP contribution in [0.5, 0.6) is 5.75 Å². The molecule has 0 saturated carbocycles. The van der Waals surface area contributed by atoms with E-state index in [-0.39, 0.29) is 5.69 Å². The molecule has 0 bridgehead atoms. The lowest BCUT2D eigenvalue weighted by molar-refractivity contribution is -0.136. The van der Waals surface area contributed by atoms with Crippen molar-refractivity contribution < 1.29 is 18.7 Å². The number of nitrogens with one attached hydrogen (secondary N) is 2. The SMILES string of the molecule is O=C(NN=Cc1cccc(OCc2ccccc2)c1)C(=O)Nc1ccc(Br)cc1F. The Balaban J connectivity index is 1.52. The quantitative estimate of drug-likeness (QED) is 0.321. The molecule has 0 atom stereocenters. The van der Waals surface area contributed by atoms with Crippen molar-refractivity contribution in [2.45, 2.75) is 6.61 Å². The third kappa shape index (κ3) is 6.25. The second kappa shape index (κ2) is 10.3. The standard InChI is InChI=1S/C22H17BrFN3O3/c23-17-9-10-20(19(24)12-17)26-21(28)22(29)27-25-13-16-7-4-8-18(11-16)30-14-15-5-2-1-3-6-15/h1-13H,14H2,(H,26,28)(H,27,29). The lowest BCUT2D eigenvalue weighted by Crippen LogP contribution is -2.32. The normalized spacial score (nSPS) is 10.6. The molecule has 0 heterocycles. The van der Waals surface area contributed by atoms with Crippen molar-refractivity contribution >= 4 is 39.6 Å². The number of halogens is 2. The van der Waals surface area contributed by atoms with E-state index in [0.29, 0.717) is 22.4 Å². The summed E-state index contributed by atoms with van der Waals surface area (Å²) in [5.74, 6) is -2.09. The molecule has 3 rings (SSSR count). The predicted octanol–water partition coefficient (Wildman–Crippen LogP) is 4.26. The predicted molar refractivity (Wildman–Crippen MR) is 116 cm³/mol. The monoisotopic (exact) mass is 469 g/mol. The molecule has 3 aromatic carbocycles. The van der Waals surface area contributed by atoms with Crippen LogP contribution in [0.15, 0.2) is 82.4 Å². The summed E-state index contributed by atoms with van der Waals surface area (Å²) in [4.78, 5) is 23.7. The summed E-state index contributed by atoms with van der Waals surface area (Å²) >= 11 is 3.11. The van der Waals surface area contributed by atoms with Gasteiger partial charge in [0.1, 0.15) is 18.2 Å². The highest BCUT2D eigenvalue weighted by Gasteiger charge is 2.15. The molecule has 0 aliphatic heterocycles. The number of carbonyl (C=O) groups excluding carboxylic acids is 2. The summed E-state index contributed by atoms with van der Waals surface area (Å²) in [6.45, 7) is 0.422. The maximum Gasteiger partial charge on any atom is 0.329 e. The lowest BCUT2D eigenvalue weighted by atomic mass is 10.2. The van der Waals surface area contributed by atoms with Crippen LogP contribution in [-0.2, 0) is 16.2 Å². The molecule has 0 aromatic heterocycles. The zero-order valence-electron chi connectivity index (χ0n) is 15.6. The fourth-order valence-corrected chi connectivity index (χ4v) is 2.74. The Hall–Kier alpha value is -3.52. The molecular formula is C22H17BrFN3O3. The van der Waals surface area contributed by atoms with Crippen LogP contribution in [0.25, 0.3) is 0 Å². The van der Waals surface area contributed by atoms with Crippen LogP contribution in [-0.4, -0.2) is 18.0 Å². The van der Waals surface area contributed by atoms with Gasteiger partial charge < -0.3 is 10.1 Å². The third-order valence-electron chi connectivity index (χ3n) is 3.87. The Morgan fingerprint density at radius 3 is 2.57 bits per heavy atom. The number of amides is 2. The summed E-state index contributed by atoms with van der Waals surface area (Å²) in [7, 11) is 0. The molecule has 6 nitrogen and oxygen atoms in total. The second-order valence-corrected chi connectivity index (χ2v) is 7.04. The van der Waals surface area contributed by atoms with Crippen molar-refractivity contribution in [1.29, 1.82) is 0 Å². The van der Waals surface area contributed by atoms with Crippen molar-refractivity contribution in [1.82, 2.24) is 5.43 Å². The molecule has 3 aromatic rings. The van der Waals surface area contributed by atoms with E-state index in [1.807, 2.05) is 30.3 Å². The molecule has 152 valence electrons. The zero-order chi connectivity index (χ0) is 21.3.